The number of hydrogen-bond acceptors (Lipinski definition) is 9. The fourth-order valence-electron chi connectivity index (χ4n) is 5.86. The van der Waals surface area contributed by atoms with Crippen LogP contribution in [-0.2, 0) is 37.9 Å². The van der Waals surface area contributed by atoms with Gasteiger partial charge in [0.1, 0.15) is 30.5 Å². The topological polar surface area (TPSA) is 94.1 Å². The van der Waals surface area contributed by atoms with E-state index < -0.39 is 48.6 Å². The Morgan fingerprint density at radius 1 is 0.875 bits per heavy atom. The molecule has 1 aliphatic carbocycles. The molecule has 184 valence electrons. The molecule has 4 saturated heterocycles. The van der Waals surface area contributed by atoms with Gasteiger partial charge in [-0.2, -0.15) is 0 Å². The third kappa shape index (κ3) is 4.14. The van der Waals surface area contributed by atoms with Gasteiger partial charge in [-0.25, -0.2) is 0 Å². The van der Waals surface area contributed by atoms with E-state index in [0.29, 0.717) is 6.61 Å². The number of fused-ring (bicyclic) bond motifs is 2. The van der Waals surface area contributed by atoms with Crippen LogP contribution in [0.1, 0.15) is 59.8 Å². The van der Waals surface area contributed by atoms with Gasteiger partial charge < -0.3 is 43.0 Å². The predicted molar refractivity (Wildman–Crippen MR) is 111 cm³/mol. The van der Waals surface area contributed by atoms with Gasteiger partial charge >= 0.3 is 0 Å². The SMILES string of the molecule is CO[C@@H]1OC(C)[C@H](O[C@@H]2OC3COC4(CCCCC4)O[C@H]3[C@H](C)C2O)[C@@H]2OC(C)(C)OC12. The third-order valence-corrected chi connectivity index (χ3v) is 7.58. The Kier molecular flexibility index (Phi) is 6.35. The molecule has 9 heteroatoms. The predicted octanol–water partition coefficient (Wildman–Crippen LogP) is 2.08. The molecule has 5 rings (SSSR count). The monoisotopic (exact) mass is 458 g/mol. The van der Waals surface area contributed by atoms with Gasteiger partial charge in [0.2, 0.25) is 0 Å². The van der Waals surface area contributed by atoms with Crippen molar-refractivity contribution >= 4 is 0 Å². The first-order valence-electron chi connectivity index (χ1n) is 12.1. The largest absolute Gasteiger partial charge is 0.387 e. The molecule has 0 amide bonds. The van der Waals surface area contributed by atoms with E-state index >= 15 is 0 Å². The lowest BCUT2D eigenvalue weighted by Gasteiger charge is -2.53. The summed E-state index contributed by atoms with van der Waals surface area (Å²) in [5.74, 6) is -1.48. The highest BCUT2D eigenvalue weighted by Crippen LogP contribution is 2.44. The quantitative estimate of drug-likeness (QED) is 0.682. The van der Waals surface area contributed by atoms with Gasteiger partial charge in [-0.1, -0.05) is 13.3 Å². The summed E-state index contributed by atoms with van der Waals surface area (Å²) in [5, 5.41) is 11.1. The Morgan fingerprint density at radius 2 is 1.59 bits per heavy atom. The van der Waals surface area contributed by atoms with Crippen LogP contribution in [0.25, 0.3) is 0 Å². The van der Waals surface area contributed by atoms with E-state index in [2.05, 4.69) is 0 Å². The number of rotatable bonds is 3. The lowest BCUT2D eigenvalue weighted by Crippen LogP contribution is -2.65. The van der Waals surface area contributed by atoms with Crippen molar-refractivity contribution in [1.82, 2.24) is 0 Å². The zero-order chi connectivity index (χ0) is 22.7. The van der Waals surface area contributed by atoms with Crippen LogP contribution in [0.5, 0.6) is 0 Å². The van der Waals surface area contributed by atoms with Gasteiger partial charge in [0.05, 0.1) is 18.8 Å². The number of aliphatic hydroxyl groups excluding tert-OH is 1. The average molecular weight is 459 g/mol. The van der Waals surface area contributed by atoms with Gasteiger partial charge in [0.15, 0.2) is 24.2 Å². The maximum Gasteiger partial charge on any atom is 0.186 e. The van der Waals surface area contributed by atoms with Crippen molar-refractivity contribution in [3.05, 3.63) is 0 Å². The van der Waals surface area contributed by atoms with Crippen LogP contribution in [-0.4, -0.2) is 85.7 Å². The highest BCUT2D eigenvalue weighted by atomic mass is 16.8. The molecule has 0 aromatic heterocycles. The minimum atomic E-state index is -0.851. The van der Waals surface area contributed by atoms with Gasteiger partial charge in [0.25, 0.3) is 0 Å². The van der Waals surface area contributed by atoms with Crippen molar-refractivity contribution in [1.29, 1.82) is 0 Å². The number of ether oxygens (including phenoxy) is 8. The van der Waals surface area contributed by atoms with Gasteiger partial charge in [-0.05, 0) is 33.6 Å². The summed E-state index contributed by atoms with van der Waals surface area (Å²) in [7, 11) is 1.59. The highest BCUT2D eigenvalue weighted by Gasteiger charge is 2.58. The van der Waals surface area contributed by atoms with Crippen LogP contribution in [0.3, 0.4) is 0 Å². The van der Waals surface area contributed by atoms with Crippen molar-refractivity contribution in [2.24, 2.45) is 5.92 Å². The molecule has 5 aliphatic rings. The first-order chi connectivity index (χ1) is 15.2. The molecule has 0 radical (unpaired) electrons. The molecule has 5 fully saturated rings. The van der Waals surface area contributed by atoms with Crippen LogP contribution in [0.15, 0.2) is 0 Å². The molecule has 4 aliphatic heterocycles. The van der Waals surface area contributed by atoms with E-state index in [1.54, 1.807) is 7.11 Å². The molecule has 32 heavy (non-hydrogen) atoms. The fraction of sp³-hybridized carbons (Fsp3) is 1.00. The summed E-state index contributed by atoms with van der Waals surface area (Å²) < 4.78 is 48.8. The summed E-state index contributed by atoms with van der Waals surface area (Å²) in [4.78, 5) is 0. The first kappa shape index (κ1) is 23.4. The second kappa shape index (κ2) is 8.70. The molecule has 1 N–H and O–H groups in total. The van der Waals surface area contributed by atoms with Crippen LogP contribution >= 0.6 is 0 Å². The standard InChI is InChI=1S/C23H38O9/c1-12-15(24)20(28-14-11-26-23(32-16(12)14)9-7-6-8-10-23)29-17-13(2)27-21(25-5)19-18(17)30-22(3,4)31-19/h12-21,24H,6-11H2,1-5H3/t12-,13?,14?,15?,16+,17+,18+,19?,20+,21-/m1/s1. The summed E-state index contributed by atoms with van der Waals surface area (Å²) in [6.07, 6.45) is 0.747. The lowest BCUT2D eigenvalue weighted by molar-refractivity contribution is -0.399. The van der Waals surface area contributed by atoms with E-state index in [1.165, 1.54) is 6.42 Å². The zero-order valence-electron chi connectivity index (χ0n) is 19.7. The summed E-state index contributed by atoms with van der Waals surface area (Å²) >= 11 is 0. The van der Waals surface area contributed by atoms with E-state index in [1.807, 2.05) is 27.7 Å². The van der Waals surface area contributed by atoms with Crippen LogP contribution in [0.2, 0.25) is 0 Å². The molecular weight excluding hydrogens is 420 g/mol. The number of aliphatic hydroxyl groups is 1. The van der Waals surface area contributed by atoms with Crippen LogP contribution in [0, 0.1) is 5.92 Å². The normalized spacial score (nSPS) is 50.1. The summed E-state index contributed by atoms with van der Waals surface area (Å²) in [6, 6.07) is 0. The second-order valence-electron chi connectivity index (χ2n) is 10.4. The lowest BCUT2D eigenvalue weighted by atomic mass is 9.87. The van der Waals surface area contributed by atoms with Crippen molar-refractivity contribution in [3.8, 4) is 0 Å². The Hall–Kier alpha value is -0.360. The van der Waals surface area contributed by atoms with Gasteiger partial charge in [-0.15, -0.1) is 0 Å². The molecule has 10 atom stereocenters. The van der Waals surface area contributed by atoms with Crippen molar-refractivity contribution in [2.75, 3.05) is 13.7 Å². The molecule has 1 saturated carbocycles. The Morgan fingerprint density at radius 3 is 2.31 bits per heavy atom. The maximum atomic E-state index is 11.1. The second-order valence-corrected chi connectivity index (χ2v) is 10.4. The van der Waals surface area contributed by atoms with E-state index in [0.717, 1.165) is 25.7 Å². The minimum absolute atomic E-state index is 0.166. The minimum Gasteiger partial charge on any atom is -0.387 e. The van der Waals surface area contributed by atoms with Crippen LogP contribution < -0.4 is 0 Å². The molecular formula is C23H38O9. The molecule has 4 heterocycles. The van der Waals surface area contributed by atoms with E-state index in [-0.39, 0.29) is 24.2 Å². The molecule has 0 bridgehead atoms. The van der Waals surface area contributed by atoms with Crippen LogP contribution in [0.4, 0.5) is 0 Å². The Balaban J connectivity index is 1.29. The molecule has 4 unspecified atom stereocenters. The molecule has 0 aromatic rings. The molecule has 0 aromatic carbocycles. The molecule has 1 spiro atoms. The van der Waals surface area contributed by atoms with Crippen molar-refractivity contribution < 1.29 is 43.0 Å². The Labute approximate surface area is 189 Å². The smallest absolute Gasteiger partial charge is 0.186 e. The number of methoxy groups -OCH3 is 1. The van der Waals surface area contributed by atoms with Gasteiger partial charge in [0, 0.05) is 25.9 Å². The van der Waals surface area contributed by atoms with Gasteiger partial charge in [-0.3, -0.25) is 0 Å². The Bertz CT molecular complexity index is 664. The van der Waals surface area contributed by atoms with E-state index in [4.69, 9.17) is 37.9 Å². The van der Waals surface area contributed by atoms with E-state index in [9.17, 15) is 5.11 Å². The molecule has 9 nitrogen and oxygen atoms in total. The van der Waals surface area contributed by atoms with Crippen molar-refractivity contribution in [3.63, 3.8) is 0 Å². The first-order valence-corrected chi connectivity index (χ1v) is 12.1. The average Bonchev–Trinajstić information content (AvgIpc) is 3.09. The third-order valence-electron chi connectivity index (χ3n) is 7.58. The summed E-state index contributed by atoms with van der Waals surface area (Å²) in [6.45, 7) is 8.05. The van der Waals surface area contributed by atoms with Crippen molar-refractivity contribution in [2.45, 2.75) is 127 Å². The zero-order valence-corrected chi connectivity index (χ0v) is 19.7. The highest BCUT2D eigenvalue weighted by molar-refractivity contribution is 4.98. The summed E-state index contributed by atoms with van der Waals surface area (Å²) in [5.41, 5.74) is 0. The fourth-order valence-corrected chi connectivity index (χ4v) is 5.86. The maximum absolute atomic E-state index is 11.1. The number of hydrogen-bond donors (Lipinski definition) is 1.